The highest BCUT2D eigenvalue weighted by atomic mass is 32.2. The van der Waals surface area contributed by atoms with Crippen molar-refractivity contribution in [3.8, 4) is 0 Å². The highest BCUT2D eigenvalue weighted by Gasteiger charge is 2.08. The molecular weight excluding hydrogens is 334 g/mol. The Bertz CT molecular complexity index is 939. The fourth-order valence-corrected chi connectivity index (χ4v) is 3.22. The van der Waals surface area contributed by atoms with Crippen molar-refractivity contribution >= 4 is 40.2 Å². The van der Waals surface area contributed by atoms with Crippen molar-refractivity contribution < 1.29 is 9.59 Å². The van der Waals surface area contributed by atoms with Crippen molar-refractivity contribution in [1.29, 1.82) is 0 Å². The molecule has 0 fully saturated rings. The van der Waals surface area contributed by atoms with Crippen molar-refractivity contribution in [2.75, 3.05) is 11.1 Å². The van der Waals surface area contributed by atoms with Gasteiger partial charge in [-0.1, -0.05) is 30.0 Å². The lowest BCUT2D eigenvalue weighted by Crippen LogP contribution is -2.15. The molecule has 3 aromatic rings. The van der Waals surface area contributed by atoms with Crippen LogP contribution in [0.5, 0.6) is 0 Å². The molecule has 2 aromatic carbocycles. The number of nitrogens with one attached hydrogen (secondary N) is 1. The number of pyridine rings is 1. The maximum atomic E-state index is 12.1. The van der Waals surface area contributed by atoms with E-state index >= 15 is 0 Å². The Balaban J connectivity index is 1.63. The van der Waals surface area contributed by atoms with Gasteiger partial charge in [0.2, 0.25) is 11.8 Å². The molecule has 1 heterocycles. The first-order chi connectivity index (χ1) is 12.0. The number of para-hydroxylation sites is 1. The molecule has 0 aliphatic carbocycles. The molecule has 0 aliphatic rings. The van der Waals surface area contributed by atoms with E-state index in [1.807, 2.05) is 37.3 Å². The number of aromatic nitrogens is 1. The first kappa shape index (κ1) is 17.0. The third kappa shape index (κ3) is 4.16. The van der Waals surface area contributed by atoms with Crippen molar-refractivity contribution in [2.24, 2.45) is 5.73 Å². The van der Waals surface area contributed by atoms with Crippen molar-refractivity contribution in [3.63, 3.8) is 0 Å². The summed E-state index contributed by atoms with van der Waals surface area (Å²) in [5.74, 6) is -0.377. The Morgan fingerprint density at radius 1 is 1.12 bits per heavy atom. The van der Waals surface area contributed by atoms with Crippen LogP contribution in [-0.2, 0) is 4.79 Å². The predicted octanol–water partition coefficient (Wildman–Crippen LogP) is 3.37. The van der Waals surface area contributed by atoms with Gasteiger partial charge in [-0.2, -0.15) is 0 Å². The van der Waals surface area contributed by atoms with E-state index in [4.69, 9.17) is 5.73 Å². The summed E-state index contributed by atoms with van der Waals surface area (Å²) in [6.45, 7) is 2.04. The summed E-state index contributed by atoms with van der Waals surface area (Å²) < 4.78 is 0. The fourth-order valence-electron chi connectivity index (χ4n) is 2.45. The number of anilines is 1. The summed E-state index contributed by atoms with van der Waals surface area (Å²) >= 11 is 1.39. The maximum Gasteiger partial charge on any atom is 0.248 e. The summed E-state index contributed by atoms with van der Waals surface area (Å²) in [5, 5.41) is 4.72. The van der Waals surface area contributed by atoms with Crippen LogP contribution in [0.25, 0.3) is 10.9 Å². The fraction of sp³-hybridized carbons (Fsp3) is 0.105. The molecule has 0 saturated carbocycles. The second-order valence-electron chi connectivity index (χ2n) is 5.57. The summed E-state index contributed by atoms with van der Waals surface area (Å²) in [4.78, 5) is 27.7. The van der Waals surface area contributed by atoms with Crippen LogP contribution >= 0.6 is 11.8 Å². The van der Waals surface area contributed by atoms with Crippen LogP contribution in [0.3, 0.4) is 0 Å². The van der Waals surface area contributed by atoms with E-state index in [0.29, 0.717) is 11.3 Å². The normalized spacial score (nSPS) is 10.6. The zero-order chi connectivity index (χ0) is 17.8. The average molecular weight is 351 g/mol. The molecule has 3 rings (SSSR count). The number of aryl methyl sites for hydroxylation is 1. The van der Waals surface area contributed by atoms with Crippen LogP contribution < -0.4 is 11.1 Å². The molecule has 0 spiro atoms. The molecule has 5 nitrogen and oxygen atoms in total. The molecule has 0 atom stereocenters. The number of rotatable bonds is 5. The first-order valence-electron chi connectivity index (χ1n) is 7.72. The molecule has 0 radical (unpaired) electrons. The van der Waals surface area contributed by atoms with Gasteiger partial charge in [0.05, 0.1) is 16.3 Å². The minimum atomic E-state index is -0.494. The minimum Gasteiger partial charge on any atom is -0.366 e. The molecule has 0 aliphatic heterocycles. The van der Waals surface area contributed by atoms with Gasteiger partial charge in [0.25, 0.3) is 0 Å². The molecule has 1 aromatic heterocycles. The molecule has 0 saturated heterocycles. The molecule has 126 valence electrons. The highest BCUT2D eigenvalue weighted by Crippen LogP contribution is 2.23. The molecule has 3 N–H and O–H groups in total. The highest BCUT2D eigenvalue weighted by molar-refractivity contribution is 7.99. The quantitative estimate of drug-likeness (QED) is 0.690. The lowest BCUT2D eigenvalue weighted by molar-refractivity contribution is -0.113. The number of hydrogen-bond acceptors (Lipinski definition) is 4. The van der Waals surface area contributed by atoms with Gasteiger partial charge in [-0.15, -0.1) is 0 Å². The van der Waals surface area contributed by atoms with Gasteiger partial charge >= 0.3 is 0 Å². The summed E-state index contributed by atoms with van der Waals surface area (Å²) in [6.07, 6.45) is 0. The Morgan fingerprint density at radius 2 is 1.84 bits per heavy atom. The van der Waals surface area contributed by atoms with Gasteiger partial charge in [0.15, 0.2) is 0 Å². The van der Waals surface area contributed by atoms with Crippen molar-refractivity contribution in [1.82, 2.24) is 4.98 Å². The topological polar surface area (TPSA) is 85.1 Å². The summed E-state index contributed by atoms with van der Waals surface area (Å²) in [5.41, 5.74) is 8.28. The standard InChI is InChI=1S/C19H17N3O2S/c1-12-10-18(22-16-5-3-2-4-15(12)16)25-11-17(23)21-14-8-6-13(7-9-14)19(20)24/h2-10H,11H2,1H3,(H2,20,24)(H,21,23). The van der Waals surface area contributed by atoms with E-state index in [1.54, 1.807) is 24.3 Å². The zero-order valence-corrected chi connectivity index (χ0v) is 14.5. The first-order valence-corrected chi connectivity index (χ1v) is 8.70. The van der Waals surface area contributed by atoms with Gasteiger partial charge in [-0.25, -0.2) is 4.98 Å². The third-order valence-electron chi connectivity index (χ3n) is 3.70. The van der Waals surface area contributed by atoms with Gasteiger partial charge in [-0.3, -0.25) is 9.59 Å². The van der Waals surface area contributed by atoms with E-state index < -0.39 is 5.91 Å². The predicted molar refractivity (Wildman–Crippen MR) is 101 cm³/mol. The molecule has 6 heteroatoms. The molecule has 25 heavy (non-hydrogen) atoms. The number of thioether (sulfide) groups is 1. The Hall–Kier alpha value is -2.86. The number of primary amides is 1. The van der Waals surface area contributed by atoms with Crippen LogP contribution in [-0.4, -0.2) is 22.6 Å². The number of carbonyl (C=O) groups excluding carboxylic acids is 2. The number of nitrogens with zero attached hydrogens (tertiary/aromatic N) is 1. The van der Waals surface area contributed by atoms with E-state index in [0.717, 1.165) is 21.5 Å². The van der Waals surface area contributed by atoms with Crippen LogP contribution in [0.2, 0.25) is 0 Å². The number of carbonyl (C=O) groups is 2. The van der Waals surface area contributed by atoms with E-state index in [9.17, 15) is 9.59 Å². The maximum absolute atomic E-state index is 12.1. The summed E-state index contributed by atoms with van der Waals surface area (Å²) in [6, 6.07) is 16.4. The van der Waals surface area contributed by atoms with Crippen LogP contribution in [0.15, 0.2) is 59.6 Å². The number of nitrogens with two attached hydrogens (primary N) is 1. The number of hydrogen-bond donors (Lipinski definition) is 2. The minimum absolute atomic E-state index is 0.135. The Labute approximate surface area is 149 Å². The van der Waals surface area contributed by atoms with Gasteiger partial charge in [0.1, 0.15) is 0 Å². The molecule has 0 bridgehead atoms. The van der Waals surface area contributed by atoms with Crippen molar-refractivity contribution in [2.45, 2.75) is 11.9 Å². The average Bonchev–Trinajstić information content (AvgIpc) is 2.60. The van der Waals surface area contributed by atoms with Crippen LogP contribution in [0, 0.1) is 6.92 Å². The van der Waals surface area contributed by atoms with Gasteiger partial charge < -0.3 is 11.1 Å². The molecular formula is C19H17N3O2S. The number of fused-ring (bicyclic) bond motifs is 1. The zero-order valence-electron chi connectivity index (χ0n) is 13.7. The lowest BCUT2D eigenvalue weighted by Gasteiger charge is -2.07. The summed E-state index contributed by atoms with van der Waals surface area (Å²) in [7, 11) is 0. The van der Waals surface area contributed by atoms with E-state index in [-0.39, 0.29) is 11.7 Å². The van der Waals surface area contributed by atoms with Gasteiger partial charge in [-0.05, 0) is 48.9 Å². The molecule has 2 amide bonds. The van der Waals surface area contributed by atoms with E-state index in [1.165, 1.54) is 11.8 Å². The molecule has 0 unspecified atom stereocenters. The smallest absolute Gasteiger partial charge is 0.248 e. The second-order valence-corrected chi connectivity index (χ2v) is 6.57. The van der Waals surface area contributed by atoms with E-state index in [2.05, 4.69) is 10.3 Å². The SMILES string of the molecule is Cc1cc(SCC(=O)Nc2ccc(C(N)=O)cc2)nc2ccccc12. The van der Waals surface area contributed by atoms with Crippen LogP contribution in [0.1, 0.15) is 15.9 Å². The monoisotopic (exact) mass is 351 g/mol. The lowest BCUT2D eigenvalue weighted by atomic mass is 10.1. The Morgan fingerprint density at radius 3 is 2.56 bits per heavy atom. The number of amides is 2. The van der Waals surface area contributed by atoms with Crippen LogP contribution in [0.4, 0.5) is 5.69 Å². The largest absolute Gasteiger partial charge is 0.366 e. The van der Waals surface area contributed by atoms with Crippen molar-refractivity contribution in [3.05, 3.63) is 65.7 Å². The third-order valence-corrected chi connectivity index (χ3v) is 4.62. The Kier molecular flexibility index (Phi) is 5.00. The number of benzene rings is 2. The van der Waals surface area contributed by atoms with Gasteiger partial charge in [0, 0.05) is 16.6 Å². The second kappa shape index (κ2) is 7.36.